The Morgan fingerprint density at radius 1 is 1.40 bits per heavy atom. The van der Waals surface area contributed by atoms with Crippen LogP contribution in [0.3, 0.4) is 0 Å². The summed E-state index contributed by atoms with van der Waals surface area (Å²) in [5.74, 6) is 0. The van der Waals surface area contributed by atoms with Gasteiger partial charge >= 0.3 is 0 Å². The van der Waals surface area contributed by atoms with E-state index >= 15 is 0 Å². The second-order valence-electron chi connectivity index (χ2n) is 3.18. The molecule has 0 spiro atoms. The summed E-state index contributed by atoms with van der Waals surface area (Å²) in [6.07, 6.45) is 0. The first-order chi connectivity index (χ1) is 7.18. The number of hydrogen-bond donors (Lipinski definition) is 1. The molecule has 0 atom stereocenters. The Bertz CT molecular complexity index is 459. The Hall–Kier alpha value is -1.56. The predicted molar refractivity (Wildman–Crippen MR) is 58.5 cm³/mol. The van der Waals surface area contributed by atoms with Gasteiger partial charge in [-0.15, -0.1) is 5.10 Å². The predicted octanol–water partition coefficient (Wildman–Crippen LogP) is 1.25. The molecule has 0 saturated heterocycles. The van der Waals surface area contributed by atoms with Crippen LogP contribution >= 0.6 is 11.8 Å². The fourth-order valence-corrected chi connectivity index (χ4v) is 2.06. The van der Waals surface area contributed by atoms with Crippen LogP contribution in [-0.2, 0) is 7.05 Å². The maximum atomic E-state index is 5.89. The molecule has 15 heavy (non-hydrogen) atoms. The minimum absolute atomic E-state index is 0.732. The van der Waals surface area contributed by atoms with Crippen LogP contribution in [0.25, 0.3) is 0 Å². The first kappa shape index (κ1) is 9.97. The average molecular weight is 221 g/mol. The average Bonchev–Trinajstić information content (AvgIpc) is 2.58. The number of tetrazole rings is 1. The number of nitrogens with zero attached hydrogens (tertiary/aromatic N) is 4. The molecule has 0 fully saturated rings. The van der Waals surface area contributed by atoms with Crippen molar-refractivity contribution in [2.75, 3.05) is 5.73 Å². The molecule has 1 aromatic heterocycles. The first-order valence-corrected chi connectivity index (χ1v) is 5.25. The van der Waals surface area contributed by atoms with Crippen LogP contribution in [0.4, 0.5) is 5.69 Å². The maximum absolute atomic E-state index is 5.89. The number of rotatable bonds is 2. The highest BCUT2D eigenvalue weighted by Gasteiger charge is 2.09. The third kappa shape index (κ3) is 1.94. The Balaban J connectivity index is 2.36. The van der Waals surface area contributed by atoms with E-state index in [9.17, 15) is 0 Å². The molecular weight excluding hydrogens is 210 g/mol. The van der Waals surface area contributed by atoms with E-state index < -0.39 is 0 Å². The molecule has 0 bridgehead atoms. The fourth-order valence-electron chi connectivity index (χ4n) is 1.21. The van der Waals surface area contributed by atoms with Crippen LogP contribution in [0.1, 0.15) is 5.56 Å². The quantitative estimate of drug-likeness (QED) is 0.773. The summed E-state index contributed by atoms with van der Waals surface area (Å²) in [5.41, 5.74) is 7.77. The summed E-state index contributed by atoms with van der Waals surface area (Å²) in [6, 6.07) is 5.82. The smallest absolute Gasteiger partial charge is 0.213 e. The zero-order valence-electron chi connectivity index (χ0n) is 8.51. The summed E-state index contributed by atoms with van der Waals surface area (Å²) in [7, 11) is 1.80. The van der Waals surface area contributed by atoms with Crippen LogP contribution in [-0.4, -0.2) is 20.2 Å². The Labute approximate surface area is 91.7 Å². The highest BCUT2D eigenvalue weighted by atomic mass is 32.2. The largest absolute Gasteiger partial charge is 0.398 e. The lowest BCUT2D eigenvalue weighted by Gasteiger charge is -2.06. The topological polar surface area (TPSA) is 69.6 Å². The zero-order chi connectivity index (χ0) is 10.8. The van der Waals surface area contributed by atoms with Gasteiger partial charge in [-0.1, -0.05) is 12.1 Å². The molecular formula is C9H11N5S. The SMILES string of the molecule is Cc1cccc(N)c1Sc1nnnn1C. The van der Waals surface area contributed by atoms with Crippen LogP contribution in [0, 0.1) is 6.92 Å². The lowest BCUT2D eigenvalue weighted by Crippen LogP contribution is -1.95. The summed E-state index contributed by atoms with van der Waals surface area (Å²) in [6.45, 7) is 2.02. The van der Waals surface area contributed by atoms with E-state index in [2.05, 4.69) is 15.5 Å². The molecule has 2 aromatic rings. The van der Waals surface area contributed by atoms with E-state index in [0.29, 0.717) is 0 Å². The molecule has 6 heteroatoms. The Kier molecular flexibility index (Phi) is 2.59. The molecule has 0 saturated carbocycles. The molecule has 1 heterocycles. The number of nitrogen functional groups attached to an aromatic ring is 1. The second kappa shape index (κ2) is 3.90. The van der Waals surface area contributed by atoms with Crippen LogP contribution < -0.4 is 5.73 Å². The van der Waals surface area contributed by atoms with Gasteiger partial charge in [-0.2, -0.15) is 0 Å². The molecule has 0 radical (unpaired) electrons. The number of aryl methyl sites for hydroxylation is 2. The molecule has 1 aromatic carbocycles. The minimum atomic E-state index is 0.732. The van der Waals surface area contributed by atoms with Crippen molar-refractivity contribution in [3.05, 3.63) is 23.8 Å². The van der Waals surface area contributed by atoms with E-state index in [1.54, 1.807) is 11.7 Å². The molecule has 5 nitrogen and oxygen atoms in total. The van der Waals surface area contributed by atoms with Crippen molar-refractivity contribution in [2.45, 2.75) is 17.0 Å². The normalized spacial score (nSPS) is 10.5. The van der Waals surface area contributed by atoms with Crippen molar-refractivity contribution in [3.8, 4) is 0 Å². The van der Waals surface area contributed by atoms with E-state index in [4.69, 9.17) is 5.73 Å². The lowest BCUT2D eigenvalue weighted by molar-refractivity contribution is 0.664. The lowest BCUT2D eigenvalue weighted by atomic mass is 10.2. The van der Waals surface area contributed by atoms with Gasteiger partial charge in [-0.3, -0.25) is 0 Å². The van der Waals surface area contributed by atoms with Crippen molar-refractivity contribution in [3.63, 3.8) is 0 Å². The number of benzene rings is 1. The monoisotopic (exact) mass is 221 g/mol. The fraction of sp³-hybridized carbons (Fsp3) is 0.222. The molecule has 0 amide bonds. The third-order valence-corrected chi connectivity index (χ3v) is 3.31. The Morgan fingerprint density at radius 2 is 2.20 bits per heavy atom. The number of nitrogens with two attached hydrogens (primary N) is 1. The second-order valence-corrected chi connectivity index (χ2v) is 4.16. The van der Waals surface area contributed by atoms with Gasteiger partial charge in [0.2, 0.25) is 5.16 Å². The Morgan fingerprint density at radius 3 is 2.80 bits per heavy atom. The van der Waals surface area contributed by atoms with E-state index in [0.717, 1.165) is 21.3 Å². The van der Waals surface area contributed by atoms with Gasteiger partial charge in [0.15, 0.2) is 0 Å². The van der Waals surface area contributed by atoms with Gasteiger partial charge in [-0.05, 0) is 40.7 Å². The maximum Gasteiger partial charge on any atom is 0.213 e. The van der Waals surface area contributed by atoms with Crippen molar-refractivity contribution in [1.29, 1.82) is 0 Å². The number of hydrogen-bond acceptors (Lipinski definition) is 5. The molecule has 0 aliphatic heterocycles. The van der Waals surface area contributed by atoms with Crippen molar-refractivity contribution in [2.24, 2.45) is 7.05 Å². The van der Waals surface area contributed by atoms with Crippen LogP contribution in [0.2, 0.25) is 0 Å². The molecule has 0 unspecified atom stereocenters. The van der Waals surface area contributed by atoms with Gasteiger partial charge in [0, 0.05) is 17.6 Å². The number of anilines is 1. The van der Waals surface area contributed by atoms with Gasteiger partial charge in [0.25, 0.3) is 0 Å². The van der Waals surface area contributed by atoms with Gasteiger partial charge in [0.1, 0.15) is 0 Å². The third-order valence-electron chi connectivity index (χ3n) is 2.02. The van der Waals surface area contributed by atoms with Crippen LogP contribution in [0.15, 0.2) is 28.3 Å². The molecule has 78 valence electrons. The van der Waals surface area contributed by atoms with Crippen molar-refractivity contribution < 1.29 is 0 Å². The molecule has 2 N–H and O–H groups in total. The van der Waals surface area contributed by atoms with E-state index in [-0.39, 0.29) is 0 Å². The van der Waals surface area contributed by atoms with Crippen molar-refractivity contribution in [1.82, 2.24) is 20.2 Å². The molecule has 0 aliphatic carbocycles. The zero-order valence-corrected chi connectivity index (χ0v) is 9.32. The summed E-state index contributed by atoms with van der Waals surface area (Å²) < 4.78 is 1.62. The highest BCUT2D eigenvalue weighted by Crippen LogP contribution is 2.32. The molecule has 0 aliphatic rings. The van der Waals surface area contributed by atoms with Crippen molar-refractivity contribution >= 4 is 17.4 Å². The summed E-state index contributed by atoms with van der Waals surface area (Å²) in [5, 5.41) is 12.0. The van der Waals surface area contributed by atoms with E-state index in [1.165, 1.54) is 11.8 Å². The highest BCUT2D eigenvalue weighted by molar-refractivity contribution is 7.99. The summed E-state index contributed by atoms with van der Waals surface area (Å²) in [4.78, 5) is 1.01. The molecule has 2 rings (SSSR count). The summed E-state index contributed by atoms with van der Waals surface area (Å²) >= 11 is 1.48. The van der Waals surface area contributed by atoms with Crippen LogP contribution in [0.5, 0.6) is 0 Å². The van der Waals surface area contributed by atoms with E-state index in [1.807, 2.05) is 25.1 Å². The first-order valence-electron chi connectivity index (χ1n) is 4.44. The van der Waals surface area contributed by atoms with Gasteiger partial charge < -0.3 is 5.73 Å². The van der Waals surface area contributed by atoms with Gasteiger partial charge in [-0.25, -0.2) is 4.68 Å². The standard InChI is InChI=1S/C9H11N5S/c1-6-4-3-5-7(10)8(6)15-9-11-12-13-14(9)2/h3-5H,10H2,1-2H3. The number of aromatic nitrogens is 4. The minimum Gasteiger partial charge on any atom is -0.398 e. The van der Waals surface area contributed by atoms with Gasteiger partial charge in [0.05, 0.1) is 0 Å².